The van der Waals surface area contributed by atoms with Crippen LogP contribution in [0, 0.1) is 13.8 Å². The van der Waals surface area contributed by atoms with Gasteiger partial charge in [-0.1, -0.05) is 12.1 Å². The lowest BCUT2D eigenvalue weighted by molar-refractivity contribution is 0.408. The largest absolute Gasteiger partial charge is 0.496 e. The minimum absolute atomic E-state index is 0.936. The molecule has 0 aliphatic carbocycles. The van der Waals surface area contributed by atoms with Gasteiger partial charge in [0.2, 0.25) is 0 Å². The van der Waals surface area contributed by atoms with Crippen molar-refractivity contribution in [2.45, 2.75) is 33.2 Å². The van der Waals surface area contributed by atoms with Crippen molar-refractivity contribution >= 4 is 0 Å². The van der Waals surface area contributed by atoms with Gasteiger partial charge in [-0.2, -0.15) is 0 Å². The van der Waals surface area contributed by atoms with Crippen molar-refractivity contribution in [3.63, 3.8) is 0 Å². The fourth-order valence-electron chi connectivity index (χ4n) is 2.25. The van der Waals surface area contributed by atoms with E-state index >= 15 is 0 Å². The van der Waals surface area contributed by atoms with Crippen LogP contribution in [0.2, 0.25) is 0 Å². The Balaban J connectivity index is 2.39. The lowest BCUT2D eigenvalue weighted by Gasteiger charge is -2.12. The first-order valence-electron chi connectivity index (χ1n) is 6.68. The molecule has 1 aromatic rings. The van der Waals surface area contributed by atoms with Gasteiger partial charge in [0.25, 0.3) is 0 Å². The minimum atomic E-state index is 0.936. The van der Waals surface area contributed by atoms with E-state index in [4.69, 9.17) is 4.74 Å². The Morgan fingerprint density at radius 2 is 1.67 bits per heavy atom. The van der Waals surface area contributed by atoms with E-state index in [0.717, 1.165) is 25.4 Å². The molecule has 18 heavy (non-hydrogen) atoms. The molecule has 2 N–H and O–H groups in total. The molecule has 3 heteroatoms. The summed E-state index contributed by atoms with van der Waals surface area (Å²) >= 11 is 0. The third kappa shape index (κ3) is 4.67. The fourth-order valence-corrected chi connectivity index (χ4v) is 2.25. The molecular formula is C15H26N2O. The van der Waals surface area contributed by atoms with E-state index in [9.17, 15) is 0 Å². The molecule has 0 saturated carbocycles. The fraction of sp³-hybridized carbons (Fsp3) is 0.600. The summed E-state index contributed by atoms with van der Waals surface area (Å²) in [6, 6.07) is 4.40. The molecular weight excluding hydrogens is 224 g/mol. The molecule has 1 aromatic carbocycles. The lowest BCUT2D eigenvalue weighted by atomic mass is 10.1. The Kier molecular flexibility index (Phi) is 6.76. The van der Waals surface area contributed by atoms with Gasteiger partial charge in [0.05, 0.1) is 7.11 Å². The number of rotatable bonds is 8. The highest BCUT2D eigenvalue weighted by molar-refractivity contribution is 5.43. The van der Waals surface area contributed by atoms with Crippen molar-refractivity contribution in [3.05, 3.63) is 28.8 Å². The van der Waals surface area contributed by atoms with E-state index in [0.29, 0.717) is 0 Å². The van der Waals surface area contributed by atoms with E-state index < -0.39 is 0 Å². The second-order valence-corrected chi connectivity index (χ2v) is 4.75. The van der Waals surface area contributed by atoms with Crippen LogP contribution in [0.15, 0.2) is 12.1 Å². The van der Waals surface area contributed by atoms with Crippen molar-refractivity contribution in [1.29, 1.82) is 0 Å². The smallest absolute Gasteiger partial charge is 0.124 e. The number of hydrogen-bond acceptors (Lipinski definition) is 3. The zero-order valence-corrected chi connectivity index (χ0v) is 12.1. The molecule has 0 atom stereocenters. The number of ether oxygens (including phenoxy) is 1. The van der Waals surface area contributed by atoms with Gasteiger partial charge in [-0.15, -0.1) is 0 Å². The summed E-state index contributed by atoms with van der Waals surface area (Å²) in [5.74, 6) is 1.01. The van der Waals surface area contributed by atoms with Crippen LogP contribution < -0.4 is 15.4 Å². The third-order valence-electron chi connectivity index (χ3n) is 3.08. The van der Waals surface area contributed by atoms with Crippen molar-refractivity contribution < 1.29 is 4.74 Å². The molecule has 0 unspecified atom stereocenters. The van der Waals surface area contributed by atoms with Gasteiger partial charge in [0, 0.05) is 6.54 Å². The van der Waals surface area contributed by atoms with Gasteiger partial charge in [0.1, 0.15) is 5.75 Å². The van der Waals surface area contributed by atoms with Gasteiger partial charge in [-0.25, -0.2) is 0 Å². The van der Waals surface area contributed by atoms with Crippen LogP contribution in [0.5, 0.6) is 5.75 Å². The molecule has 0 heterocycles. The molecule has 0 bridgehead atoms. The Hall–Kier alpha value is -1.06. The van der Waals surface area contributed by atoms with Crippen molar-refractivity contribution in [1.82, 2.24) is 10.6 Å². The zero-order chi connectivity index (χ0) is 13.4. The molecule has 0 radical (unpaired) electrons. The molecule has 3 nitrogen and oxygen atoms in total. The summed E-state index contributed by atoms with van der Waals surface area (Å²) in [5, 5.41) is 6.65. The van der Waals surface area contributed by atoms with E-state index in [-0.39, 0.29) is 0 Å². The van der Waals surface area contributed by atoms with Gasteiger partial charge in [-0.05, 0) is 63.5 Å². The van der Waals surface area contributed by atoms with Gasteiger partial charge >= 0.3 is 0 Å². The second-order valence-electron chi connectivity index (χ2n) is 4.75. The monoisotopic (exact) mass is 250 g/mol. The van der Waals surface area contributed by atoms with Gasteiger partial charge in [0.15, 0.2) is 0 Å². The first kappa shape index (κ1) is 15.0. The second kappa shape index (κ2) is 8.11. The third-order valence-corrected chi connectivity index (χ3v) is 3.08. The topological polar surface area (TPSA) is 33.3 Å². The molecule has 1 rings (SSSR count). The number of aryl methyl sites for hydroxylation is 2. The SMILES string of the molecule is CNCCCCNCc1cc(C)c(OC)c(C)c1. The quantitative estimate of drug-likeness (QED) is 0.695. The molecule has 0 saturated heterocycles. The van der Waals surface area contributed by atoms with E-state index in [1.807, 2.05) is 7.05 Å². The summed E-state index contributed by atoms with van der Waals surface area (Å²) in [6.45, 7) is 7.31. The molecule has 0 aromatic heterocycles. The van der Waals surface area contributed by atoms with Crippen LogP contribution >= 0.6 is 0 Å². The predicted molar refractivity (Wildman–Crippen MR) is 77.3 cm³/mol. The Bertz CT molecular complexity index is 341. The van der Waals surface area contributed by atoms with Crippen LogP contribution in [0.4, 0.5) is 0 Å². The van der Waals surface area contributed by atoms with E-state index in [2.05, 4.69) is 36.6 Å². The molecule has 0 spiro atoms. The summed E-state index contributed by atoms with van der Waals surface area (Å²) in [6.07, 6.45) is 2.44. The van der Waals surface area contributed by atoms with E-state index in [1.54, 1.807) is 7.11 Å². The van der Waals surface area contributed by atoms with Gasteiger partial charge in [-0.3, -0.25) is 0 Å². The lowest BCUT2D eigenvalue weighted by Crippen LogP contribution is -2.17. The van der Waals surface area contributed by atoms with Crippen LogP contribution in [0.25, 0.3) is 0 Å². The molecule has 102 valence electrons. The summed E-state index contributed by atoms with van der Waals surface area (Å²) in [5.41, 5.74) is 3.76. The Morgan fingerprint density at radius 3 is 2.22 bits per heavy atom. The standard InChI is InChI=1S/C15H26N2O/c1-12-9-14(10-13(2)15(12)18-4)11-17-8-6-5-7-16-3/h9-10,16-17H,5-8,11H2,1-4H3. The number of hydrogen-bond donors (Lipinski definition) is 2. The zero-order valence-electron chi connectivity index (χ0n) is 12.1. The number of unbranched alkanes of at least 4 members (excludes halogenated alkanes) is 1. The van der Waals surface area contributed by atoms with Crippen LogP contribution in [0.3, 0.4) is 0 Å². The van der Waals surface area contributed by atoms with Crippen LogP contribution in [0.1, 0.15) is 29.5 Å². The van der Waals surface area contributed by atoms with Crippen LogP contribution in [-0.4, -0.2) is 27.2 Å². The maximum Gasteiger partial charge on any atom is 0.124 e. The maximum absolute atomic E-state index is 5.37. The number of nitrogens with one attached hydrogen (secondary N) is 2. The Morgan fingerprint density at radius 1 is 1.06 bits per heavy atom. The molecule has 0 amide bonds. The number of methoxy groups -OCH3 is 1. The maximum atomic E-state index is 5.37. The molecule has 0 fully saturated rings. The summed E-state index contributed by atoms with van der Waals surface area (Å²) in [4.78, 5) is 0. The Labute approximate surface area is 111 Å². The number of benzene rings is 1. The average molecular weight is 250 g/mol. The highest BCUT2D eigenvalue weighted by atomic mass is 16.5. The van der Waals surface area contributed by atoms with Crippen molar-refractivity contribution in [2.75, 3.05) is 27.2 Å². The molecule has 0 aliphatic heterocycles. The normalized spacial score (nSPS) is 10.7. The summed E-state index contributed by atoms with van der Waals surface area (Å²) in [7, 11) is 3.73. The first-order chi connectivity index (χ1) is 8.69. The first-order valence-corrected chi connectivity index (χ1v) is 6.68. The predicted octanol–water partition coefficient (Wildman–Crippen LogP) is 2.40. The van der Waals surface area contributed by atoms with Crippen LogP contribution in [-0.2, 0) is 6.54 Å². The molecule has 0 aliphatic rings. The van der Waals surface area contributed by atoms with Crippen molar-refractivity contribution in [3.8, 4) is 5.75 Å². The van der Waals surface area contributed by atoms with Crippen molar-refractivity contribution in [2.24, 2.45) is 0 Å². The van der Waals surface area contributed by atoms with Gasteiger partial charge < -0.3 is 15.4 Å². The summed E-state index contributed by atoms with van der Waals surface area (Å²) < 4.78 is 5.37. The minimum Gasteiger partial charge on any atom is -0.496 e. The highest BCUT2D eigenvalue weighted by Gasteiger charge is 2.04. The highest BCUT2D eigenvalue weighted by Crippen LogP contribution is 2.24. The average Bonchev–Trinajstić information content (AvgIpc) is 2.33. The van der Waals surface area contributed by atoms with E-state index in [1.165, 1.54) is 29.5 Å².